The van der Waals surface area contributed by atoms with Crippen molar-refractivity contribution in [2.24, 2.45) is 0 Å². The van der Waals surface area contributed by atoms with Crippen LogP contribution in [0.5, 0.6) is 5.75 Å². The summed E-state index contributed by atoms with van der Waals surface area (Å²) in [7, 11) is 1.69. The van der Waals surface area contributed by atoms with Crippen molar-refractivity contribution in [1.82, 2.24) is 4.98 Å². The van der Waals surface area contributed by atoms with Crippen LogP contribution in [0.25, 0.3) is 22.0 Å². The number of fused-ring (bicyclic) bond motifs is 1. The summed E-state index contributed by atoms with van der Waals surface area (Å²) in [6, 6.07) is 16.6. The first-order chi connectivity index (χ1) is 8.36. The van der Waals surface area contributed by atoms with Gasteiger partial charge in [0.1, 0.15) is 5.75 Å². The zero-order valence-corrected chi connectivity index (χ0v) is 9.60. The summed E-state index contributed by atoms with van der Waals surface area (Å²) in [4.78, 5) is 3.23. The molecule has 3 aromatic rings. The Bertz CT molecular complexity index is 655. The SMILES string of the molecule is COc1cccc(-c2ccc3cc[nH]c3c2)c1. The number of methoxy groups -OCH3 is 1. The van der Waals surface area contributed by atoms with Crippen molar-refractivity contribution in [3.05, 3.63) is 54.7 Å². The maximum Gasteiger partial charge on any atom is 0.119 e. The molecule has 0 atom stereocenters. The Morgan fingerprint density at radius 3 is 2.71 bits per heavy atom. The normalized spacial score (nSPS) is 10.6. The molecule has 0 saturated heterocycles. The Hall–Kier alpha value is -2.22. The second-order valence-corrected chi connectivity index (χ2v) is 4.01. The highest BCUT2D eigenvalue weighted by atomic mass is 16.5. The minimum Gasteiger partial charge on any atom is -0.497 e. The first kappa shape index (κ1) is 9.97. The molecule has 1 aromatic heterocycles. The number of hydrogen-bond acceptors (Lipinski definition) is 1. The third-order valence-electron chi connectivity index (χ3n) is 2.96. The van der Waals surface area contributed by atoms with Gasteiger partial charge in [-0.05, 0) is 40.8 Å². The molecule has 0 aliphatic heterocycles. The predicted octanol–water partition coefficient (Wildman–Crippen LogP) is 3.84. The predicted molar refractivity (Wildman–Crippen MR) is 70.3 cm³/mol. The van der Waals surface area contributed by atoms with Crippen LogP contribution in [0.4, 0.5) is 0 Å². The third-order valence-corrected chi connectivity index (χ3v) is 2.96. The van der Waals surface area contributed by atoms with Gasteiger partial charge in [-0.25, -0.2) is 0 Å². The third kappa shape index (κ3) is 1.78. The van der Waals surface area contributed by atoms with Gasteiger partial charge >= 0.3 is 0 Å². The molecule has 0 unspecified atom stereocenters. The monoisotopic (exact) mass is 223 g/mol. The summed E-state index contributed by atoms with van der Waals surface area (Å²) < 4.78 is 5.24. The van der Waals surface area contributed by atoms with Crippen LogP contribution in [0.2, 0.25) is 0 Å². The first-order valence-electron chi connectivity index (χ1n) is 5.58. The van der Waals surface area contributed by atoms with E-state index in [2.05, 4.69) is 35.3 Å². The highest BCUT2D eigenvalue weighted by Gasteiger charge is 2.01. The van der Waals surface area contributed by atoms with Crippen LogP contribution in [0.3, 0.4) is 0 Å². The minimum absolute atomic E-state index is 0.883. The molecule has 0 fully saturated rings. The number of aromatic nitrogens is 1. The summed E-state index contributed by atoms with van der Waals surface area (Å²) in [6.07, 6.45) is 1.96. The molecule has 0 radical (unpaired) electrons. The average molecular weight is 223 g/mol. The maximum atomic E-state index is 5.24. The summed E-state index contributed by atoms with van der Waals surface area (Å²) in [6.45, 7) is 0. The lowest BCUT2D eigenvalue weighted by Gasteiger charge is -2.05. The molecule has 0 saturated carbocycles. The van der Waals surface area contributed by atoms with E-state index in [1.165, 1.54) is 16.5 Å². The zero-order chi connectivity index (χ0) is 11.7. The number of hydrogen-bond donors (Lipinski definition) is 1. The van der Waals surface area contributed by atoms with Gasteiger partial charge < -0.3 is 9.72 Å². The van der Waals surface area contributed by atoms with Gasteiger partial charge in [0, 0.05) is 11.7 Å². The van der Waals surface area contributed by atoms with E-state index in [0.717, 1.165) is 11.3 Å². The van der Waals surface area contributed by atoms with Crippen LogP contribution in [0.15, 0.2) is 54.7 Å². The fourth-order valence-electron chi connectivity index (χ4n) is 2.03. The molecule has 0 bridgehead atoms. The quantitative estimate of drug-likeness (QED) is 0.701. The second-order valence-electron chi connectivity index (χ2n) is 4.01. The molecular formula is C15H13NO. The van der Waals surface area contributed by atoms with E-state index in [9.17, 15) is 0 Å². The Balaban J connectivity index is 2.12. The van der Waals surface area contributed by atoms with Gasteiger partial charge in [-0.1, -0.05) is 24.3 Å². The summed E-state index contributed by atoms with van der Waals surface area (Å²) in [5.41, 5.74) is 3.52. The zero-order valence-electron chi connectivity index (χ0n) is 9.60. The fourth-order valence-corrected chi connectivity index (χ4v) is 2.03. The number of ether oxygens (including phenoxy) is 1. The van der Waals surface area contributed by atoms with Gasteiger partial charge in [-0.3, -0.25) is 0 Å². The molecule has 0 spiro atoms. The molecule has 2 aromatic carbocycles. The molecule has 0 aliphatic carbocycles. The van der Waals surface area contributed by atoms with Crippen LogP contribution in [0, 0.1) is 0 Å². The van der Waals surface area contributed by atoms with Crippen molar-refractivity contribution in [3.8, 4) is 16.9 Å². The fraction of sp³-hybridized carbons (Fsp3) is 0.0667. The molecule has 2 heteroatoms. The second kappa shape index (κ2) is 3.98. The van der Waals surface area contributed by atoms with Crippen LogP contribution >= 0.6 is 0 Å². The minimum atomic E-state index is 0.883. The van der Waals surface area contributed by atoms with Crippen molar-refractivity contribution in [1.29, 1.82) is 0 Å². The molecule has 1 heterocycles. The van der Waals surface area contributed by atoms with Crippen LogP contribution < -0.4 is 4.74 Å². The molecule has 17 heavy (non-hydrogen) atoms. The molecule has 0 amide bonds. The van der Waals surface area contributed by atoms with E-state index < -0.39 is 0 Å². The smallest absolute Gasteiger partial charge is 0.119 e. The van der Waals surface area contributed by atoms with Crippen LogP contribution in [-0.4, -0.2) is 12.1 Å². The topological polar surface area (TPSA) is 25.0 Å². The molecule has 0 aliphatic rings. The van der Waals surface area contributed by atoms with Gasteiger partial charge in [0.2, 0.25) is 0 Å². The first-order valence-corrected chi connectivity index (χ1v) is 5.58. The molecular weight excluding hydrogens is 210 g/mol. The Kier molecular flexibility index (Phi) is 2.33. The molecule has 1 N–H and O–H groups in total. The maximum absolute atomic E-state index is 5.24. The van der Waals surface area contributed by atoms with Gasteiger partial charge in [0.15, 0.2) is 0 Å². The summed E-state index contributed by atoms with van der Waals surface area (Å²) >= 11 is 0. The van der Waals surface area contributed by atoms with Crippen molar-refractivity contribution in [2.45, 2.75) is 0 Å². The van der Waals surface area contributed by atoms with Crippen molar-refractivity contribution in [3.63, 3.8) is 0 Å². The van der Waals surface area contributed by atoms with Gasteiger partial charge in [0.05, 0.1) is 7.11 Å². The van der Waals surface area contributed by atoms with Gasteiger partial charge in [-0.15, -0.1) is 0 Å². The summed E-state index contributed by atoms with van der Waals surface area (Å²) in [5.74, 6) is 0.883. The molecule has 84 valence electrons. The standard InChI is InChI=1S/C15H13NO/c1-17-14-4-2-3-12(9-14)13-6-5-11-7-8-16-15(11)10-13/h2-10,16H,1H3. The van der Waals surface area contributed by atoms with Crippen molar-refractivity contribution >= 4 is 10.9 Å². The summed E-state index contributed by atoms with van der Waals surface area (Å²) in [5, 5.41) is 1.23. The van der Waals surface area contributed by atoms with E-state index in [1.54, 1.807) is 7.11 Å². The van der Waals surface area contributed by atoms with Crippen LogP contribution in [-0.2, 0) is 0 Å². The number of nitrogens with one attached hydrogen (secondary N) is 1. The average Bonchev–Trinajstić information content (AvgIpc) is 2.86. The lowest BCUT2D eigenvalue weighted by Crippen LogP contribution is -1.83. The van der Waals surface area contributed by atoms with E-state index in [1.807, 2.05) is 24.4 Å². The van der Waals surface area contributed by atoms with E-state index in [4.69, 9.17) is 4.74 Å². The van der Waals surface area contributed by atoms with Crippen molar-refractivity contribution in [2.75, 3.05) is 7.11 Å². The highest BCUT2D eigenvalue weighted by Crippen LogP contribution is 2.26. The lowest BCUT2D eigenvalue weighted by molar-refractivity contribution is 0.415. The molecule has 2 nitrogen and oxygen atoms in total. The van der Waals surface area contributed by atoms with Gasteiger partial charge in [0.25, 0.3) is 0 Å². The Morgan fingerprint density at radius 2 is 1.82 bits per heavy atom. The van der Waals surface area contributed by atoms with Crippen LogP contribution in [0.1, 0.15) is 0 Å². The number of rotatable bonds is 2. The van der Waals surface area contributed by atoms with E-state index in [-0.39, 0.29) is 0 Å². The lowest BCUT2D eigenvalue weighted by atomic mass is 10.0. The van der Waals surface area contributed by atoms with E-state index >= 15 is 0 Å². The van der Waals surface area contributed by atoms with Crippen molar-refractivity contribution < 1.29 is 4.74 Å². The number of aromatic amines is 1. The Morgan fingerprint density at radius 1 is 0.941 bits per heavy atom. The van der Waals surface area contributed by atoms with E-state index in [0.29, 0.717) is 0 Å². The molecule has 3 rings (SSSR count). The Labute approximate surface area is 99.9 Å². The number of benzene rings is 2. The largest absolute Gasteiger partial charge is 0.497 e. The van der Waals surface area contributed by atoms with Gasteiger partial charge in [-0.2, -0.15) is 0 Å². The number of H-pyrrole nitrogens is 1. The highest BCUT2D eigenvalue weighted by molar-refractivity contribution is 5.84.